The van der Waals surface area contributed by atoms with Crippen molar-refractivity contribution in [3.05, 3.63) is 63.3 Å². The van der Waals surface area contributed by atoms with Gasteiger partial charge in [-0.1, -0.05) is 18.2 Å². The Morgan fingerprint density at radius 3 is 2.71 bits per heavy atom. The lowest BCUT2D eigenvalue weighted by Gasteiger charge is -2.17. The van der Waals surface area contributed by atoms with Crippen molar-refractivity contribution >= 4 is 32.3 Å². The number of ether oxygens (including phenoxy) is 1. The molecular formula is C23H22N2O2S. The van der Waals surface area contributed by atoms with Crippen LogP contribution in [0, 0.1) is 0 Å². The van der Waals surface area contributed by atoms with Crippen LogP contribution in [-0.4, -0.2) is 37.1 Å². The summed E-state index contributed by atoms with van der Waals surface area (Å²) in [7, 11) is 6.00. The van der Waals surface area contributed by atoms with Crippen LogP contribution in [0.25, 0.3) is 32.1 Å². The molecule has 4 nitrogen and oxygen atoms in total. The van der Waals surface area contributed by atoms with Crippen LogP contribution < -0.4 is 10.3 Å². The Morgan fingerprint density at radius 2 is 1.93 bits per heavy atom. The zero-order valence-electron chi connectivity index (χ0n) is 16.2. The number of benzene rings is 2. The van der Waals surface area contributed by atoms with E-state index in [1.807, 2.05) is 23.6 Å². The molecule has 1 aliphatic rings. The summed E-state index contributed by atoms with van der Waals surface area (Å²) in [6, 6.07) is 13.2. The van der Waals surface area contributed by atoms with Gasteiger partial charge < -0.3 is 14.6 Å². The van der Waals surface area contributed by atoms with Crippen molar-refractivity contribution in [2.24, 2.45) is 0 Å². The van der Waals surface area contributed by atoms with E-state index >= 15 is 0 Å². The van der Waals surface area contributed by atoms with Gasteiger partial charge in [-0.15, -0.1) is 11.3 Å². The van der Waals surface area contributed by atoms with Gasteiger partial charge in [0.1, 0.15) is 10.4 Å². The number of methoxy groups -OCH3 is 1. The quantitative estimate of drug-likeness (QED) is 0.562. The lowest BCUT2D eigenvalue weighted by atomic mass is 9.95. The van der Waals surface area contributed by atoms with Gasteiger partial charge >= 0.3 is 0 Å². The van der Waals surface area contributed by atoms with Crippen molar-refractivity contribution in [1.82, 2.24) is 9.88 Å². The van der Waals surface area contributed by atoms with Gasteiger partial charge in [0.25, 0.3) is 5.56 Å². The second-order valence-corrected chi connectivity index (χ2v) is 8.61. The fraction of sp³-hybridized carbons (Fsp3) is 0.261. The lowest BCUT2D eigenvalue weighted by Crippen LogP contribution is -2.27. The largest absolute Gasteiger partial charge is 0.496 e. The minimum absolute atomic E-state index is 0.0311. The fourth-order valence-electron chi connectivity index (χ4n) is 4.40. The summed E-state index contributed by atoms with van der Waals surface area (Å²) in [5, 5.41) is 4.02. The molecule has 0 fully saturated rings. The molecule has 1 atom stereocenters. The lowest BCUT2D eigenvalue weighted by molar-refractivity contribution is 0.303. The average molecular weight is 391 g/mol. The van der Waals surface area contributed by atoms with Crippen molar-refractivity contribution in [3.63, 3.8) is 0 Å². The number of fused-ring (bicyclic) bond motifs is 4. The van der Waals surface area contributed by atoms with Crippen LogP contribution in [0.4, 0.5) is 0 Å². The number of hydrogen-bond donors (Lipinski definition) is 1. The highest BCUT2D eigenvalue weighted by atomic mass is 32.1. The van der Waals surface area contributed by atoms with Crippen LogP contribution in [0.2, 0.25) is 0 Å². The van der Waals surface area contributed by atoms with E-state index in [2.05, 4.69) is 42.2 Å². The Morgan fingerprint density at radius 1 is 1.11 bits per heavy atom. The van der Waals surface area contributed by atoms with Crippen LogP contribution in [0.15, 0.2) is 46.6 Å². The monoisotopic (exact) mass is 390 g/mol. The molecule has 4 aromatic rings. The molecule has 5 rings (SSSR count). The molecule has 2 aromatic carbocycles. The number of rotatable bonds is 3. The van der Waals surface area contributed by atoms with Crippen LogP contribution in [0.3, 0.4) is 0 Å². The summed E-state index contributed by atoms with van der Waals surface area (Å²) in [5.74, 6) is 0.828. The number of nitrogens with one attached hydrogen (secondary N) is 1. The van der Waals surface area contributed by atoms with Crippen LogP contribution >= 0.6 is 11.3 Å². The topological polar surface area (TPSA) is 45.3 Å². The van der Waals surface area contributed by atoms with Crippen LogP contribution in [0.5, 0.6) is 5.75 Å². The third kappa shape index (κ3) is 2.58. The third-order valence-electron chi connectivity index (χ3n) is 5.91. The zero-order chi connectivity index (χ0) is 19.4. The maximum absolute atomic E-state index is 12.4. The Labute approximate surface area is 167 Å². The molecule has 0 bridgehead atoms. The third-order valence-corrected chi connectivity index (χ3v) is 6.83. The van der Waals surface area contributed by atoms with Crippen molar-refractivity contribution in [2.45, 2.75) is 18.9 Å². The molecule has 5 heteroatoms. The number of nitrogens with zero attached hydrogens (tertiary/aromatic N) is 1. The Balaban J connectivity index is 1.79. The van der Waals surface area contributed by atoms with Gasteiger partial charge in [0.2, 0.25) is 0 Å². The first-order valence-electron chi connectivity index (χ1n) is 9.45. The van der Waals surface area contributed by atoms with Gasteiger partial charge in [-0.3, -0.25) is 4.79 Å². The number of H-pyrrole nitrogens is 1. The molecule has 1 aliphatic carbocycles. The number of aromatic amines is 1. The first-order chi connectivity index (χ1) is 13.6. The highest BCUT2D eigenvalue weighted by Gasteiger charge is 2.24. The summed E-state index contributed by atoms with van der Waals surface area (Å²) in [6.45, 7) is 0. The summed E-state index contributed by atoms with van der Waals surface area (Å²) >= 11 is 1.48. The molecule has 2 aromatic heterocycles. The maximum atomic E-state index is 12.4. The molecular weight excluding hydrogens is 368 g/mol. The van der Waals surface area contributed by atoms with Gasteiger partial charge in [0.15, 0.2) is 0 Å². The summed E-state index contributed by atoms with van der Waals surface area (Å²) < 4.78 is 6.51. The van der Waals surface area contributed by atoms with Gasteiger partial charge in [0, 0.05) is 27.9 Å². The van der Waals surface area contributed by atoms with E-state index in [-0.39, 0.29) is 5.56 Å². The van der Waals surface area contributed by atoms with E-state index in [9.17, 15) is 4.79 Å². The maximum Gasteiger partial charge on any atom is 0.266 e. The van der Waals surface area contributed by atoms with Crippen LogP contribution in [-0.2, 0) is 12.8 Å². The molecule has 0 aliphatic heterocycles. The smallest absolute Gasteiger partial charge is 0.266 e. The van der Waals surface area contributed by atoms with Crippen molar-refractivity contribution < 1.29 is 4.74 Å². The number of hydrogen-bond acceptors (Lipinski definition) is 4. The molecule has 0 saturated carbocycles. The minimum atomic E-state index is -0.0311. The van der Waals surface area contributed by atoms with E-state index in [4.69, 9.17) is 4.74 Å². The molecule has 142 valence electrons. The molecule has 0 radical (unpaired) electrons. The van der Waals surface area contributed by atoms with E-state index in [0.717, 1.165) is 50.7 Å². The number of likely N-dealkylation sites (N-methyl/N-ethyl adjacent to an activating group) is 1. The van der Waals surface area contributed by atoms with E-state index in [1.165, 1.54) is 22.5 Å². The first-order valence-corrected chi connectivity index (χ1v) is 10.3. The van der Waals surface area contributed by atoms with Crippen molar-refractivity contribution in [1.29, 1.82) is 0 Å². The van der Waals surface area contributed by atoms with Gasteiger partial charge in [-0.25, -0.2) is 0 Å². The Kier molecular flexibility index (Phi) is 4.03. The molecule has 1 N–H and O–H groups in total. The van der Waals surface area contributed by atoms with Crippen molar-refractivity contribution in [2.75, 3.05) is 21.2 Å². The second-order valence-electron chi connectivity index (χ2n) is 7.69. The predicted octanol–water partition coefficient (Wildman–Crippen LogP) is 4.45. The highest BCUT2D eigenvalue weighted by molar-refractivity contribution is 7.17. The van der Waals surface area contributed by atoms with Gasteiger partial charge in [-0.05, 0) is 67.2 Å². The van der Waals surface area contributed by atoms with E-state index in [0.29, 0.717) is 6.04 Å². The molecule has 0 spiro atoms. The molecule has 0 amide bonds. The number of pyridine rings is 1. The van der Waals surface area contributed by atoms with E-state index < -0.39 is 0 Å². The Bertz CT molecular complexity index is 1270. The Hall–Kier alpha value is -2.63. The summed E-state index contributed by atoms with van der Waals surface area (Å²) in [4.78, 5) is 17.8. The first kappa shape index (κ1) is 17.5. The standard InChI is InChI=1S/C23H22N2O2S/c1-25(2)16-11-13-4-5-14(10-15(13)12-16)20-19(27-3)7-6-18-21(20)17-8-9-28-22(17)23(26)24-18/h4-10,16H,11-12H2,1-3H3,(H,24,26). The summed E-state index contributed by atoms with van der Waals surface area (Å²) in [5.41, 5.74) is 5.84. The van der Waals surface area contributed by atoms with Crippen LogP contribution in [0.1, 0.15) is 11.1 Å². The number of aromatic nitrogens is 1. The minimum Gasteiger partial charge on any atom is -0.496 e. The zero-order valence-corrected chi connectivity index (χ0v) is 17.0. The molecule has 0 saturated heterocycles. The highest BCUT2D eigenvalue weighted by Crippen LogP contribution is 2.41. The normalized spacial score (nSPS) is 16.2. The predicted molar refractivity (Wildman–Crippen MR) is 117 cm³/mol. The van der Waals surface area contributed by atoms with Gasteiger partial charge in [0.05, 0.1) is 7.11 Å². The van der Waals surface area contributed by atoms with Crippen molar-refractivity contribution in [3.8, 4) is 16.9 Å². The number of thiophene rings is 1. The fourth-order valence-corrected chi connectivity index (χ4v) is 5.20. The SMILES string of the molecule is COc1ccc2[nH]c(=O)c3sccc3c2c1-c1ccc2c(c1)CC(N(C)C)C2. The summed E-state index contributed by atoms with van der Waals surface area (Å²) in [6.07, 6.45) is 2.16. The second kappa shape index (κ2) is 6.47. The van der Waals surface area contributed by atoms with E-state index in [1.54, 1.807) is 7.11 Å². The average Bonchev–Trinajstić information content (AvgIpc) is 3.34. The molecule has 1 unspecified atom stereocenters. The molecule has 2 heterocycles. The molecule has 28 heavy (non-hydrogen) atoms. The van der Waals surface area contributed by atoms with Gasteiger partial charge in [-0.2, -0.15) is 0 Å².